The third-order valence-corrected chi connectivity index (χ3v) is 4.88. The Kier molecular flexibility index (Phi) is 5.13. The average molecular weight is 280 g/mol. The van der Waals surface area contributed by atoms with E-state index in [1.165, 1.54) is 16.9 Å². The first-order chi connectivity index (χ1) is 9.11. The highest BCUT2D eigenvalue weighted by atomic mass is 32.2. The lowest BCUT2D eigenvalue weighted by molar-refractivity contribution is 0.234. The molecule has 1 heterocycles. The molecule has 0 saturated carbocycles. The van der Waals surface area contributed by atoms with Gasteiger partial charge in [-0.1, -0.05) is 17.7 Å². The molecule has 1 aromatic rings. The molecule has 0 aliphatic carbocycles. The predicted octanol–water partition coefficient (Wildman–Crippen LogP) is 1.92. The van der Waals surface area contributed by atoms with Crippen LogP contribution in [0.3, 0.4) is 0 Å². The highest BCUT2D eigenvalue weighted by molar-refractivity contribution is 7.99. The quantitative estimate of drug-likeness (QED) is 0.914. The standard InChI is InChI=1S/C15H24N2OS/c1-11-4-5-15(18-3)12(8-11)9-13(16)14-10-19-7-6-17(14)2/h4-5,8,13-14H,6-7,9-10,16H2,1-3H3. The van der Waals surface area contributed by atoms with Crippen molar-refractivity contribution in [2.24, 2.45) is 5.73 Å². The maximum atomic E-state index is 6.43. The molecule has 1 aromatic carbocycles. The molecule has 2 atom stereocenters. The first-order valence-corrected chi connectivity index (χ1v) is 7.94. The lowest BCUT2D eigenvalue weighted by Crippen LogP contribution is -2.51. The molecule has 1 saturated heterocycles. The van der Waals surface area contributed by atoms with Gasteiger partial charge in [0.1, 0.15) is 5.75 Å². The number of nitrogens with zero attached hydrogens (tertiary/aromatic N) is 1. The maximum Gasteiger partial charge on any atom is 0.122 e. The fourth-order valence-electron chi connectivity index (χ4n) is 2.61. The van der Waals surface area contributed by atoms with Gasteiger partial charge in [-0.3, -0.25) is 0 Å². The summed E-state index contributed by atoms with van der Waals surface area (Å²) >= 11 is 2.01. The van der Waals surface area contributed by atoms with Crippen LogP contribution in [0.1, 0.15) is 11.1 Å². The summed E-state index contributed by atoms with van der Waals surface area (Å²) in [6.07, 6.45) is 0.875. The van der Waals surface area contributed by atoms with Crippen molar-refractivity contribution in [3.05, 3.63) is 29.3 Å². The zero-order valence-corrected chi connectivity index (χ0v) is 12.9. The number of aryl methyl sites for hydroxylation is 1. The van der Waals surface area contributed by atoms with Gasteiger partial charge < -0.3 is 15.4 Å². The Labute approximate surface area is 120 Å². The van der Waals surface area contributed by atoms with Gasteiger partial charge >= 0.3 is 0 Å². The topological polar surface area (TPSA) is 38.5 Å². The molecule has 1 aliphatic rings. The van der Waals surface area contributed by atoms with Gasteiger partial charge in [-0.2, -0.15) is 11.8 Å². The van der Waals surface area contributed by atoms with Gasteiger partial charge in [0.2, 0.25) is 0 Å². The van der Waals surface area contributed by atoms with Crippen molar-refractivity contribution in [2.75, 3.05) is 32.2 Å². The highest BCUT2D eigenvalue weighted by Gasteiger charge is 2.26. The van der Waals surface area contributed by atoms with Crippen LogP contribution in [0, 0.1) is 6.92 Å². The van der Waals surface area contributed by atoms with E-state index >= 15 is 0 Å². The lowest BCUT2D eigenvalue weighted by Gasteiger charge is -2.36. The third kappa shape index (κ3) is 3.65. The first-order valence-electron chi connectivity index (χ1n) is 6.79. The molecule has 0 spiro atoms. The minimum Gasteiger partial charge on any atom is -0.496 e. The van der Waals surface area contributed by atoms with E-state index in [1.807, 2.05) is 17.8 Å². The molecule has 1 aliphatic heterocycles. The Morgan fingerprint density at radius 2 is 2.32 bits per heavy atom. The van der Waals surface area contributed by atoms with Crippen LogP contribution in [0.5, 0.6) is 5.75 Å². The Morgan fingerprint density at radius 1 is 1.53 bits per heavy atom. The van der Waals surface area contributed by atoms with Gasteiger partial charge in [0.05, 0.1) is 7.11 Å². The van der Waals surface area contributed by atoms with E-state index in [0.29, 0.717) is 6.04 Å². The summed E-state index contributed by atoms with van der Waals surface area (Å²) in [5.41, 5.74) is 8.91. The van der Waals surface area contributed by atoms with E-state index in [2.05, 4.69) is 31.0 Å². The Balaban J connectivity index is 2.09. The molecule has 0 aromatic heterocycles. The zero-order chi connectivity index (χ0) is 13.8. The molecule has 4 heteroatoms. The lowest BCUT2D eigenvalue weighted by atomic mass is 9.98. The molecule has 2 rings (SSSR count). The summed E-state index contributed by atoms with van der Waals surface area (Å²) < 4.78 is 5.44. The summed E-state index contributed by atoms with van der Waals surface area (Å²) in [4.78, 5) is 2.39. The van der Waals surface area contributed by atoms with Crippen molar-refractivity contribution in [1.82, 2.24) is 4.90 Å². The summed E-state index contributed by atoms with van der Waals surface area (Å²) in [6, 6.07) is 6.93. The molecule has 2 N–H and O–H groups in total. The van der Waals surface area contributed by atoms with Crippen molar-refractivity contribution in [1.29, 1.82) is 0 Å². The molecule has 1 fully saturated rings. The van der Waals surface area contributed by atoms with Gasteiger partial charge in [-0.25, -0.2) is 0 Å². The second-order valence-electron chi connectivity index (χ2n) is 5.31. The van der Waals surface area contributed by atoms with Crippen molar-refractivity contribution >= 4 is 11.8 Å². The monoisotopic (exact) mass is 280 g/mol. The van der Waals surface area contributed by atoms with Crippen LogP contribution in [-0.4, -0.2) is 49.2 Å². The van der Waals surface area contributed by atoms with Crippen LogP contribution in [0.25, 0.3) is 0 Å². The number of methoxy groups -OCH3 is 1. The van der Waals surface area contributed by atoms with Crippen LogP contribution >= 0.6 is 11.8 Å². The van der Waals surface area contributed by atoms with E-state index in [1.54, 1.807) is 7.11 Å². The van der Waals surface area contributed by atoms with E-state index in [-0.39, 0.29) is 6.04 Å². The zero-order valence-electron chi connectivity index (χ0n) is 12.1. The second-order valence-corrected chi connectivity index (χ2v) is 6.46. The average Bonchev–Trinajstić information content (AvgIpc) is 2.39. The molecule has 0 amide bonds. The minimum absolute atomic E-state index is 0.161. The van der Waals surface area contributed by atoms with Gasteiger partial charge in [-0.05, 0) is 32.0 Å². The van der Waals surface area contributed by atoms with E-state index in [9.17, 15) is 0 Å². The van der Waals surface area contributed by atoms with Crippen molar-refractivity contribution in [2.45, 2.75) is 25.4 Å². The number of benzene rings is 1. The summed E-state index contributed by atoms with van der Waals surface area (Å²) in [6.45, 7) is 3.24. The van der Waals surface area contributed by atoms with E-state index in [0.717, 1.165) is 24.5 Å². The van der Waals surface area contributed by atoms with Crippen molar-refractivity contribution < 1.29 is 4.74 Å². The molecule has 19 heavy (non-hydrogen) atoms. The van der Waals surface area contributed by atoms with Crippen LogP contribution < -0.4 is 10.5 Å². The number of likely N-dealkylation sites (N-methyl/N-ethyl adjacent to an activating group) is 1. The van der Waals surface area contributed by atoms with Crippen LogP contribution in [0.4, 0.5) is 0 Å². The molecule has 0 bridgehead atoms. The Morgan fingerprint density at radius 3 is 3.00 bits per heavy atom. The fourth-order valence-corrected chi connectivity index (χ4v) is 3.94. The first kappa shape index (κ1) is 14.7. The summed E-state index contributed by atoms with van der Waals surface area (Å²) in [5, 5.41) is 0. The SMILES string of the molecule is COc1ccc(C)cc1CC(N)C1CSCCN1C. The molecule has 3 nitrogen and oxygen atoms in total. The van der Waals surface area contributed by atoms with Crippen LogP contribution in [-0.2, 0) is 6.42 Å². The van der Waals surface area contributed by atoms with Crippen molar-refractivity contribution in [3.63, 3.8) is 0 Å². The second kappa shape index (κ2) is 6.64. The maximum absolute atomic E-state index is 6.43. The van der Waals surface area contributed by atoms with Gasteiger partial charge in [-0.15, -0.1) is 0 Å². The van der Waals surface area contributed by atoms with E-state index in [4.69, 9.17) is 10.5 Å². The number of thioether (sulfide) groups is 1. The number of hydrogen-bond acceptors (Lipinski definition) is 4. The van der Waals surface area contributed by atoms with Gasteiger partial charge in [0.15, 0.2) is 0 Å². The van der Waals surface area contributed by atoms with Crippen molar-refractivity contribution in [3.8, 4) is 5.75 Å². The molecule has 2 unspecified atom stereocenters. The largest absolute Gasteiger partial charge is 0.496 e. The number of nitrogens with two attached hydrogens (primary N) is 1. The molecule has 0 radical (unpaired) electrons. The van der Waals surface area contributed by atoms with Crippen LogP contribution in [0.15, 0.2) is 18.2 Å². The third-order valence-electron chi connectivity index (χ3n) is 3.83. The number of ether oxygens (including phenoxy) is 1. The normalized spacial score (nSPS) is 22.2. The fraction of sp³-hybridized carbons (Fsp3) is 0.600. The summed E-state index contributed by atoms with van der Waals surface area (Å²) in [5.74, 6) is 3.30. The Hall–Kier alpha value is -0.710. The van der Waals surface area contributed by atoms with E-state index < -0.39 is 0 Å². The molecule has 106 valence electrons. The van der Waals surface area contributed by atoms with Crippen LogP contribution in [0.2, 0.25) is 0 Å². The van der Waals surface area contributed by atoms with Gasteiger partial charge in [0, 0.05) is 30.1 Å². The minimum atomic E-state index is 0.161. The summed E-state index contributed by atoms with van der Waals surface area (Å²) in [7, 11) is 3.90. The van der Waals surface area contributed by atoms with Gasteiger partial charge in [0.25, 0.3) is 0 Å². The number of hydrogen-bond donors (Lipinski definition) is 1. The smallest absolute Gasteiger partial charge is 0.122 e. The molecular weight excluding hydrogens is 256 g/mol. The highest BCUT2D eigenvalue weighted by Crippen LogP contribution is 2.24. The Bertz CT molecular complexity index is 425. The number of rotatable bonds is 4. The molecular formula is C15H24N2OS. The predicted molar refractivity (Wildman–Crippen MR) is 83.2 cm³/mol.